The van der Waals surface area contributed by atoms with Gasteiger partial charge in [0.25, 0.3) is 0 Å². The number of thioether (sulfide) groups is 1. The Morgan fingerprint density at radius 2 is 1.79 bits per heavy atom. The molecule has 0 saturated heterocycles. The maximum atomic E-state index is 6.86. The van der Waals surface area contributed by atoms with E-state index in [2.05, 4.69) is 17.0 Å². The second-order valence-corrected chi connectivity index (χ2v) is 5.00. The van der Waals surface area contributed by atoms with Crippen LogP contribution in [0.2, 0.25) is 0 Å². The third-order valence-electron chi connectivity index (χ3n) is 2.57. The van der Waals surface area contributed by atoms with Gasteiger partial charge >= 0.3 is 0 Å². The minimum absolute atomic E-state index is 0.737. The normalized spacial score (nSPS) is 16.8. The first-order valence-electron chi connectivity index (χ1n) is 5.02. The number of rotatable bonds is 2. The lowest BCUT2D eigenvalue weighted by atomic mass is 10.3. The van der Waals surface area contributed by atoms with Crippen LogP contribution in [0.4, 0.5) is 5.69 Å². The fraction of sp³-hybridized carbons (Fsp3) is 0.417. The largest absolute Gasteiger partial charge is 0.238 e. The zero-order valence-corrected chi connectivity index (χ0v) is 8.89. The fourth-order valence-corrected chi connectivity index (χ4v) is 3.05. The van der Waals surface area contributed by atoms with Crippen molar-refractivity contribution >= 4 is 17.4 Å². The minimum atomic E-state index is 0.737. The van der Waals surface area contributed by atoms with Crippen molar-refractivity contribution in [1.82, 2.24) is 0 Å². The Bertz CT molecular complexity index is 330. The van der Waals surface area contributed by atoms with Gasteiger partial charge in [0.15, 0.2) is 5.69 Å². The summed E-state index contributed by atoms with van der Waals surface area (Å²) in [4.78, 5) is 4.69. The van der Waals surface area contributed by atoms with Crippen molar-refractivity contribution in [1.29, 1.82) is 0 Å². The highest BCUT2D eigenvalue weighted by Gasteiger charge is 2.15. The fourth-order valence-electron chi connectivity index (χ4n) is 1.80. The first kappa shape index (κ1) is 9.61. The molecule has 1 aliphatic rings. The number of hydrogen-bond donors (Lipinski definition) is 0. The molecule has 0 bridgehead atoms. The van der Waals surface area contributed by atoms with Crippen LogP contribution in [0.5, 0.6) is 0 Å². The van der Waals surface area contributed by atoms with E-state index in [0.29, 0.717) is 0 Å². The van der Waals surface area contributed by atoms with Gasteiger partial charge in [0.2, 0.25) is 0 Å². The molecule has 72 valence electrons. The lowest BCUT2D eigenvalue weighted by molar-refractivity contribution is 0.886. The SMILES string of the molecule is [C-]#[N+]c1ccc(SC2CCCC2)cc1. The van der Waals surface area contributed by atoms with Crippen molar-refractivity contribution in [2.24, 2.45) is 0 Å². The van der Waals surface area contributed by atoms with Gasteiger partial charge in [-0.05, 0) is 12.8 Å². The van der Waals surface area contributed by atoms with Crippen LogP contribution in [0.25, 0.3) is 4.85 Å². The summed E-state index contributed by atoms with van der Waals surface area (Å²) in [5.41, 5.74) is 0.737. The monoisotopic (exact) mass is 203 g/mol. The summed E-state index contributed by atoms with van der Waals surface area (Å²) < 4.78 is 0. The molecular weight excluding hydrogens is 190 g/mol. The highest BCUT2D eigenvalue weighted by Crippen LogP contribution is 2.35. The second-order valence-electron chi connectivity index (χ2n) is 3.63. The Labute approximate surface area is 89.3 Å². The summed E-state index contributed by atoms with van der Waals surface area (Å²) in [7, 11) is 0. The highest BCUT2D eigenvalue weighted by atomic mass is 32.2. The zero-order valence-electron chi connectivity index (χ0n) is 8.07. The average molecular weight is 203 g/mol. The molecule has 1 fully saturated rings. The second kappa shape index (κ2) is 4.52. The van der Waals surface area contributed by atoms with Crippen molar-refractivity contribution in [3.63, 3.8) is 0 Å². The van der Waals surface area contributed by atoms with E-state index in [0.717, 1.165) is 10.9 Å². The van der Waals surface area contributed by atoms with Gasteiger partial charge in [0.05, 0.1) is 6.57 Å². The van der Waals surface area contributed by atoms with Crippen molar-refractivity contribution in [3.05, 3.63) is 35.7 Å². The van der Waals surface area contributed by atoms with Crippen LogP contribution in [0.3, 0.4) is 0 Å². The molecule has 0 radical (unpaired) electrons. The van der Waals surface area contributed by atoms with Crippen LogP contribution in [-0.4, -0.2) is 5.25 Å². The Hall–Kier alpha value is -0.940. The van der Waals surface area contributed by atoms with E-state index < -0.39 is 0 Å². The zero-order chi connectivity index (χ0) is 9.80. The smallest absolute Gasteiger partial charge is 0.187 e. The van der Waals surface area contributed by atoms with E-state index in [9.17, 15) is 0 Å². The standard InChI is InChI=1S/C12H13NS/c1-13-10-6-8-12(9-7-10)14-11-4-2-3-5-11/h6-9,11H,2-5H2. The molecule has 1 aromatic rings. The predicted molar refractivity (Wildman–Crippen MR) is 60.8 cm³/mol. The number of nitrogens with zero attached hydrogens (tertiary/aromatic N) is 1. The van der Waals surface area contributed by atoms with E-state index in [1.54, 1.807) is 0 Å². The van der Waals surface area contributed by atoms with Crippen molar-refractivity contribution < 1.29 is 0 Å². The van der Waals surface area contributed by atoms with Gasteiger partial charge in [-0.25, -0.2) is 4.85 Å². The molecule has 0 aliphatic heterocycles. The van der Waals surface area contributed by atoms with Crippen LogP contribution in [-0.2, 0) is 0 Å². The summed E-state index contributed by atoms with van der Waals surface area (Å²) >= 11 is 1.97. The van der Waals surface area contributed by atoms with E-state index in [4.69, 9.17) is 6.57 Å². The van der Waals surface area contributed by atoms with Gasteiger partial charge in [-0.15, -0.1) is 11.8 Å². The minimum Gasteiger partial charge on any atom is -0.238 e. The summed E-state index contributed by atoms with van der Waals surface area (Å²) in [6.07, 6.45) is 5.49. The van der Waals surface area contributed by atoms with Gasteiger partial charge in [-0.1, -0.05) is 37.1 Å². The van der Waals surface area contributed by atoms with E-state index in [-0.39, 0.29) is 0 Å². The van der Waals surface area contributed by atoms with Crippen LogP contribution in [0.1, 0.15) is 25.7 Å². The maximum Gasteiger partial charge on any atom is 0.187 e. The molecule has 0 unspecified atom stereocenters. The summed E-state index contributed by atoms with van der Waals surface area (Å²) in [6, 6.07) is 7.95. The van der Waals surface area contributed by atoms with Gasteiger partial charge in [0, 0.05) is 10.1 Å². The lowest BCUT2D eigenvalue weighted by Gasteiger charge is -2.07. The van der Waals surface area contributed by atoms with Crippen molar-refractivity contribution in [2.75, 3.05) is 0 Å². The molecule has 0 spiro atoms. The molecule has 0 atom stereocenters. The van der Waals surface area contributed by atoms with E-state index >= 15 is 0 Å². The average Bonchev–Trinajstić information content (AvgIpc) is 2.72. The third kappa shape index (κ3) is 2.30. The molecule has 1 saturated carbocycles. The van der Waals surface area contributed by atoms with Crippen LogP contribution in [0.15, 0.2) is 29.2 Å². The lowest BCUT2D eigenvalue weighted by Crippen LogP contribution is -1.92. The Balaban J connectivity index is 1.99. The first-order chi connectivity index (χ1) is 6.88. The molecule has 0 N–H and O–H groups in total. The molecule has 0 heterocycles. The molecule has 1 nitrogen and oxygen atoms in total. The molecule has 2 heteroatoms. The third-order valence-corrected chi connectivity index (χ3v) is 3.92. The van der Waals surface area contributed by atoms with E-state index in [1.165, 1.54) is 30.6 Å². The Kier molecular flexibility index (Phi) is 3.10. The predicted octanol–water partition coefficient (Wildman–Crippen LogP) is 4.27. The molecule has 0 amide bonds. The summed E-state index contributed by atoms with van der Waals surface area (Å²) in [5, 5.41) is 0.814. The molecule has 14 heavy (non-hydrogen) atoms. The Morgan fingerprint density at radius 3 is 2.36 bits per heavy atom. The Morgan fingerprint density at radius 1 is 1.14 bits per heavy atom. The van der Waals surface area contributed by atoms with Crippen LogP contribution < -0.4 is 0 Å². The van der Waals surface area contributed by atoms with Gasteiger partial charge in [-0.3, -0.25) is 0 Å². The molecular formula is C12H13NS. The first-order valence-corrected chi connectivity index (χ1v) is 5.90. The highest BCUT2D eigenvalue weighted by molar-refractivity contribution is 8.00. The quantitative estimate of drug-likeness (QED) is 0.649. The van der Waals surface area contributed by atoms with E-state index in [1.807, 2.05) is 23.9 Å². The van der Waals surface area contributed by atoms with Crippen LogP contribution in [0, 0.1) is 6.57 Å². The number of benzene rings is 1. The summed E-state index contributed by atoms with van der Waals surface area (Å²) in [5.74, 6) is 0. The molecule has 2 rings (SSSR count). The van der Waals surface area contributed by atoms with Crippen LogP contribution >= 0.6 is 11.8 Å². The maximum absolute atomic E-state index is 6.86. The molecule has 0 aromatic heterocycles. The molecule has 1 aliphatic carbocycles. The summed E-state index contributed by atoms with van der Waals surface area (Å²) in [6.45, 7) is 6.86. The topological polar surface area (TPSA) is 4.36 Å². The van der Waals surface area contributed by atoms with Gasteiger partial charge in [-0.2, -0.15) is 0 Å². The molecule has 1 aromatic carbocycles. The van der Waals surface area contributed by atoms with Crippen molar-refractivity contribution in [2.45, 2.75) is 35.8 Å². The number of hydrogen-bond acceptors (Lipinski definition) is 1. The van der Waals surface area contributed by atoms with Gasteiger partial charge < -0.3 is 0 Å². The van der Waals surface area contributed by atoms with Gasteiger partial charge in [0.1, 0.15) is 0 Å². The van der Waals surface area contributed by atoms with Crippen molar-refractivity contribution in [3.8, 4) is 0 Å².